The topological polar surface area (TPSA) is 79.6 Å². The summed E-state index contributed by atoms with van der Waals surface area (Å²) in [4.78, 5) is 38.7. The van der Waals surface area contributed by atoms with E-state index in [4.69, 9.17) is 4.42 Å². The van der Waals surface area contributed by atoms with Crippen molar-refractivity contribution in [2.24, 2.45) is 0 Å². The maximum atomic E-state index is 13.0. The Balaban J connectivity index is 1.48. The quantitative estimate of drug-likeness (QED) is 0.390. The molecule has 1 aliphatic rings. The Bertz CT molecular complexity index is 1390. The summed E-state index contributed by atoms with van der Waals surface area (Å²) in [6.45, 7) is 5.20. The number of benzene rings is 2. The van der Waals surface area contributed by atoms with Crippen LogP contribution in [-0.2, 0) is 15.8 Å². The van der Waals surface area contributed by atoms with E-state index < -0.39 is 35.3 Å². The van der Waals surface area contributed by atoms with Gasteiger partial charge in [-0.3, -0.25) is 19.3 Å². The van der Waals surface area contributed by atoms with Crippen molar-refractivity contribution < 1.29 is 32.0 Å². The number of hydrogen-bond acceptors (Lipinski definition) is 5. The maximum Gasteiger partial charge on any atom is 0.416 e. The van der Waals surface area contributed by atoms with Crippen LogP contribution in [0.2, 0.25) is 0 Å². The number of carbonyl (C=O) groups is 3. The molecule has 10 heteroatoms. The van der Waals surface area contributed by atoms with Crippen LogP contribution >= 0.6 is 11.8 Å². The molecule has 3 amide bonds. The zero-order valence-corrected chi connectivity index (χ0v) is 20.3. The SMILES string of the molecule is Cc1cc(C)c(NC(=O)CN2C(=O)S/C(=C/c3ccc(-c4cccc(C(F)(F)F)c4)o3)C2=O)c(C)c1. The number of carbonyl (C=O) groups excluding carboxylic acids is 3. The minimum atomic E-state index is -4.49. The fourth-order valence-corrected chi connectivity index (χ4v) is 4.72. The molecule has 2 aromatic carbocycles. The van der Waals surface area contributed by atoms with Crippen molar-refractivity contribution in [3.63, 3.8) is 0 Å². The number of nitrogens with zero attached hydrogens (tertiary/aromatic N) is 1. The van der Waals surface area contributed by atoms with E-state index in [0.29, 0.717) is 17.4 Å². The van der Waals surface area contributed by atoms with Crippen LogP contribution < -0.4 is 5.32 Å². The molecule has 0 atom stereocenters. The zero-order valence-electron chi connectivity index (χ0n) is 19.5. The summed E-state index contributed by atoms with van der Waals surface area (Å²) >= 11 is 0.654. The minimum Gasteiger partial charge on any atom is -0.457 e. The molecule has 1 N–H and O–H groups in total. The highest BCUT2D eigenvalue weighted by molar-refractivity contribution is 8.18. The molecular weight excluding hydrogens is 493 g/mol. The van der Waals surface area contributed by atoms with Crippen LogP contribution in [0.4, 0.5) is 23.7 Å². The number of aryl methyl sites for hydroxylation is 3. The van der Waals surface area contributed by atoms with Gasteiger partial charge in [-0.2, -0.15) is 13.2 Å². The monoisotopic (exact) mass is 514 g/mol. The van der Waals surface area contributed by atoms with E-state index in [2.05, 4.69) is 5.32 Å². The van der Waals surface area contributed by atoms with Crippen molar-refractivity contribution in [2.75, 3.05) is 11.9 Å². The van der Waals surface area contributed by atoms with Gasteiger partial charge in [-0.05, 0) is 67.9 Å². The van der Waals surface area contributed by atoms with E-state index >= 15 is 0 Å². The summed E-state index contributed by atoms with van der Waals surface area (Å²) in [5.74, 6) is -0.814. The Morgan fingerprint density at radius 2 is 1.75 bits per heavy atom. The van der Waals surface area contributed by atoms with Crippen molar-refractivity contribution in [1.82, 2.24) is 4.90 Å². The Labute approximate surface area is 209 Å². The van der Waals surface area contributed by atoms with E-state index in [1.165, 1.54) is 30.3 Å². The van der Waals surface area contributed by atoms with Crippen molar-refractivity contribution in [3.05, 3.63) is 81.5 Å². The molecule has 1 saturated heterocycles. The molecule has 1 fully saturated rings. The largest absolute Gasteiger partial charge is 0.457 e. The van der Waals surface area contributed by atoms with Gasteiger partial charge in [-0.15, -0.1) is 0 Å². The molecule has 3 aromatic rings. The Hall–Kier alpha value is -3.79. The number of nitrogens with one attached hydrogen (secondary N) is 1. The predicted molar refractivity (Wildman–Crippen MR) is 131 cm³/mol. The second-order valence-electron chi connectivity index (χ2n) is 8.37. The standard InChI is InChI=1S/C26H21F3N2O4S/c1-14-9-15(2)23(16(3)10-14)30-22(32)13-31-24(33)21(36-25(31)34)12-19-7-8-20(35-19)17-5-4-6-18(11-17)26(27,28)29/h4-12H,13H2,1-3H3,(H,30,32)/b21-12+. The van der Waals surface area contributed by atoms with Crippen LogP contribution in [0.25, 0.3) is 17.4 Å². The Kier molecular flexibility index (Phi) is 6.81. The van der Waals surface area contributed by atoms with E-state index in [0.717, 1.165) is 33.7 Å². The van der Waals surface area contributed by atoms with Gasteiger partial charge in [-0.25, -0.2) is 0 Å². The van der Waals surface area contributed by atoms with Gasteiger partial charge in [0, 0.05) is 17.3 Å². The average molecular weight is 515 g/mol. The number of rotatable bonds is 5. The zero-order chi connectivity index (χ0) is 26.2. The average Bonchev–Trinajstić information content (AvgIpc) is 3.36. The van der Waals surface area contributed by atoms with Crippen molar-refractivity contribution in [3.8, 4) is 11.3 Å². The van der Waals surface area contributed by atoms with Gasteiger partial charge in [0.1, 0.15) is 18.1 Å². The molecule has 0 spiro atoms. The fourth-order valence-electron chi connectivity index (χ4n) is 3.90. The number of anilines is 1. The second-order valence-corrected chi connectivity index (χ2v) is 9.36. The molecule has 186 valence electrons. The maximum absolute atomic E-state index is 13.0. The van der Waals surface area contributed by atoms with Crippen molar-refractivity contribution in [2.45, 2.75) is 26.9 Å². The minimum absolute atomic E-state index is 0.0421. The molecule has 1 aromatic heterocycles. The number of amides is 3. The fraction of sp³-hybridized carbons (Fsp3) is 0.192. The third kappa shape index (κ3) is 5.38. The van der Waals surface area contributed by atoms with Gasteiger partial charge >= 0.3 is 6.18 Å². The van der Waals surface area contributed by atoms with E-state index in [9.17, 15) is 27.6 Å². The van der Waals surface area contributed by atoms with Gasteiger partial charge in [-0.1, -0.05) is 29.8 Å². The number of furan rings is 1. The van der Waals surface area contributed by atoms with Crippen LogP contribution in [0.1, 0.15) is 28.0 Å². The lowest BCUT2D eigenvalue weighted by atomic mass is 10.1. The normalized spacial score (nSPS) is 15.2. The molecule has 4 rings (SSSR count). The summed E-state index contributed by atoms with van der Waals surface area (Å²) < 4.78 is 44.6. The number of hydrogen-bond donors (Lipinski definition) is 1. The molecule has 2 heterocycles. The number of thioether (sulfide) groups is 1. The molecule has 1 aliphatic heterocycles. The molecule has 0 saturated carbocycles. The number of alkyl halides is 3. The molecular formula is C26H21F3N2O4S. The highest BCUT2D eigenvalue weighted by Crippen LogP contribution is 2.35. The highest BCUT2D eigenvalue weighted by Gasteiger charge is 2.36. The predicted octanol–water partition coefficient (Wildman–Crippen LogP) is 6.57. The van der Waals surface area contributed by atoms with E-state index in [1.807, 2.05) is 32.9 Å². The summed E-state index contributed by atoms with van der Waals surface area (Å²) in [7, 11) is 0. The van der Waals surface area contributed by atoms with Gasteiger partial charge in [0.2, 0.25) is 5.91 Å². The first-order valence-electron chi connectivity index (χ1n) is 10.8. The Morgan fingerprint density at radius 3 is 2.42 bits per heavy atom. The third-order valence-corrected chi connectivity index (χ3v) is 6.40. The van der Waals surface area contributed by atoms with Crippen LogP contribution in [0.15, 0.2) is 57.9 Å². The summed E-state index contributed by atoms with van der Waals surface area (Å²) in [5, 5.41) is 2.15. The Morgan fingerprint density at radius 1 is 1.06 bits per heavy atom. The van der Waals surface area contributed by atoms with Crippen LogP contribution in [0, 0.1) is 20.8 Å². The van der Waals surface area contributed by atoms with E-state index in [1.54, 1.807) is 0 Å². The van der Waals surface area contributed by atoms with Crippen molar-refractivity contribution >= 4 is 40.6 Å². The highest BCUT2D eigenvalue weighted by atomic mass is 32.2. The number of halogens is 3. The summed E-state index contributed by atoms with van der Waals surface area (Å²) in [5.41, 5.74) is 2.82. The van der Waals surface area contributed by atoms with Gasteiger partial charge in [0.15, 0.2) is 0 Å². The third-order valence-electron chi connectivity index (χ3n) is 5.49. The molecule has 0 radical (unpaired) electrons. The lowest BCUT2D eigenvalue weighted by Crippen LogP contribution is -2.36. The first-order chi connectivity index (χ1) is 16.9. The van der Waals surface area contributed by atoms with Gasteiger partial charge < -0.3 is 9.73 Å². The van der Waals surface area contributed by atoms with Crippen molar-refractivity contribution in [1.29, 1.82) is 0 Å². The van der Waals surface area contributed by atoms with E-state index in [-0.39, 0.29) is 22.0 Å². The lowest BCUT2D eigenvalue weighted by Gasteiger charge is -2.15. The van der Waals surface area contributed by atoms with Gasteiger partial charge in [0.25, 0.3) is 11.1 Å². The molecule has 0 bridgehead atoms. The smallest absolute Gasteiger partial charge is 0.416 e. The van der Waals surface area contributed by atoms with Crippen LogP contribution in [0.5, 0.6) is 0 Å². The second kappa shape index (κ2) is 9.69. The van der Waals surface area contributed by atoms with Crippen LogP contribution in [-0.4, -0.2) is 28.5 Å². The molecule has 6 nitrogen and oxygen atoms in total. The molecule has 0 unspecified atom stereocenters. The first kappa shape index (κ1) is 25.3. The summed E-state index contributed by atoms with van der Waals surface area (Å²) in [6.07, 6.45) is -3.17. The summed E-state index contributed by atoms with van der Waals surface area (Å²) in [6, 6.07) is 11.5. The number of imide groups is 1. The van der Waals surface area contributed by atoms with Gasteiger partial charge in [0.05, 0.1) is 10.5 Å². The lowest BCUT2D eigenvalue weighted by molar-refractivity contribution is -0.137. The molecule has 0 aliphatic carbocycles. The molecule has 36 heavy (non-hydrogen) atoms. The first-order valence-corrected chi connectivity index (χ1v) is 11.6. The van der Waals surface area contributed by atoms with Crippen LogP contribution in [0.3, 0.4) is 0 Å².